The minimum absolute atomic E-state index is 0.0201. The van der Waals surface area contributed by atoms with Crippen molar-refractivity contribution in [1.82, 2.24) is 4.90 Å². The monoisotopic (exact) mass is 383 g/mol. The van der Waals surface area contributed by atoms with Gasteiger partial charge in [0.2, 0.25) is 0 Å². The Kier molecular flexibility index (Phi) is 5.59. The Labute approximate surface area is 159 Å². The number of nitrogens with zero attached hydrogens (tertiary/aromatic N) is 1. The van der Waals surface area contributed by atoms with Crippen LogP contribution >= 0.6 is 11.6 Å². The summed E-state index contributed by atoms with van der Waals surface area (Å²) in [7, 11) is 1.27. The fraction of sp³-hybridized carbons (Fsp3) is 0.579. The molecule has 144 valence electrons. The van der Waals surface area contributed by atoms with Gasteiger partial charge in [-0.05, 0) is 51.8 Å². The maximum Gasteiger partial charge on any atom is 0.410 e. The first-order chi connectivity index (χ1) is 11.9. The normalized spacial score (nSPS) is 26.3. The molecule has 2 rings (SSSR count). The maximum absolute atomic E-state index is 12.6. The molecule has 1 aliphatic heterocycles. The smallest absolute Gasteiger partial charge is 0.410 e. The summed E-state index contributed by atoms with van der Waals surface area (Å²) in [4.78, 5) is 26.5. The number of hydrogen-bond acceptors (Lipinski definition) is 5. The van der Waals surface area contributed by atoms with Crippen LogP contribution in [0.3, 0.4) is 0 Å². The van der Waals surface area contributed by atoms with Crippen LogP contribution in [0.15, 0.2) is 24.3 Å². The minimum atomic E-state index is -1.50. The molecular weight excluding hydrogens is 358 g/mol. The molecule has 7 heteroatoms. The zero-order valence-electron chi connectivity index (χ0n) is 15.8. The molecule has 0 spiro atoms. The van der Waals surface area contributed by atoms with Gasteiger partial charge in [-0.15, -0.1) is 0 Å². The minimum Gasteiger partial charge on any atom is -0.468 e. The highest BCUT2D eigenvalue weighted by Crippen LogP contribution is 2.47. The van der Waals surface area contributed by atoms with Crippen molar-refractivity contribution in [3.63, 3.8) is 0 Å². The number of methoxy groups -OCH3 is 1. The van der Waals surface area contributed by atoms with Crippen molar-refractivity contribution in [2.24, 2.45) is 5.41 Å². The quantitative estimate of drug-likeness (QED) is 0.792. The molecule has 2 unspecified atom stereocenters. The van der Waals surface area contributed by atoms with Crippen LogP contribution in [-0.2, 0) is 19.9 Å². The number of hydrogen-bond donors (Lipinski definition) is 1. The van der Waals surface area contributed by atoms with Gasteiger partial charge in [-0.2, -0.15) is 0 Å². The first-order valence-corrected chi connectivity index (χ1v) is 8.85. The van der Waals surface area contributed by atoms with Crippen molar-refractivity contribution in [1.29, 1.82) is 0 Å². The highest BCUT2D eigenvalue weighted by atomic mass is 35.5. The van der Waals surface area contributed by atoms with Crippen LogP contribution < -0.4 is 0 Å². The zero-order valence-corrected chi connectivity index (χ0v) is 16.6. The van der Waals surface area contributed by atoms with E-state index in [0.29, 0.717) is 10.6 Å². The number of piperidine rings is 1. The molecule has 0 saturated carbocycles. The number of amides is 1. The molecule has 1 amide bonds. The lowest BCUT2D eigenvalue weighted by atomic mass is 9.65. The van der Waals surface area contributed by atoms with E-state index in [2.05, 4.69) is 0 Å². The van der Waals surface area contributed by atoms with E-state index in [1.165, 1.54) is 12.0 Å². The van der Waals surface area contributed by atoms with Gasteiger partial charge in [0.05, 0.1) is 7.11 Å². The molecule has 1 saturated heterocycles. The molecule has 0 bridgehead atoms. The average Bonchev–Trinajstić information content (AvgIpc) is 2.55. The fourth-order valence-corrected chi connectivity index (χ4v) is 3.42. The van der Waals surface area contributed by atoms with Gasteiger partial charge < -0.3 is 19.5 Å². The Bertz CT molecular complexity index is 684. The summed E-state index contributed by atoms with van der Waals surface area (Å²) in [5.74, 6) is -0.594. The van der Waals surface area contributed by atoms with Gasteiger partial charge >= 0.3 is 12.1 Å². The summed E-state index contributed by atoms with van der Waals surface area (Å²) in [5, 5.41) is 12.0. The van der Waals surface area contributed by atoms with Crippen molar-refractivity contribution in [2.45, 2.75) is 45.3 Å². The van der Waals surface area contributed by atoms with E-state index < -0.39 is 28.7 Å². The molecule has 0 radical (unpaired) electrons. The third kappa shape index (κ3) is 3.81. The van der Waals surface area contributed by atoms with Crippen LogP contribution in [0.2, 0.25) is 5.02 Å². The van der Waals surface area contributed by atoms with E-state index in [-0.39, 0.29) is 19.5 Å². The molecule has 1 N–H and O–H groups in total. The van der Waals surface area contributed by atoms with Gasteiger partial charge in [-0.1, -0.05) is 23.7 Å². The van der Waals surface area contributed by atoms with E-state index in [1.54, 1.807) is 52.0 Å². The largest absolute Gasteiger partial charge is 0.468 e. The zero-order chi connectivity index (χ0) is 19.8. The molecule has 2 atom stereocenters. The number of rotatable bonds is 2. The number of esters is 1. The SMILES string of the molecule is COC(=O)C1(C)CN(C(=O)OC(C)(C)C)CCC1(O)c1ccc(Cl)cc1. The van der Waals surface area contributed by atoms with E-state index in [1.807, 2.05) is 0 Å². The molecule has 0 aromatic heterocycles. The molecule has 1 aromatic rings. The molecule has 26 heavy (non-hydrogen) atoms. The summed E-state index contributed by atoms with van der Waals surface area (Å²) in [6.45, 7) is 7.16. The van der Waals surface area contributed by atoms with Gasteiger partial charge in [-0.3, -0.25) is 4.79 Å². The number of carbonyl (C=O) groups excluding carboxylic acids is 2. The number of halogens is 1. The molecule has 1 heterocycles. The number of likely N-dealkylation sites (tertiary alicyclic amines) is 1. The second-order valence-electron chi connectivity index (χ2n) is 7.84. The van der Waals surface area contributed by atoms with Gasteiger partial charge in [0.1, 0.15) is 16.6 Å². The van der Waals surface area contributed by atoms with Crippen molar-refractivity contribution >= 4 is 23.7 Å². The number of aliphatic hydroxyl groups is 1. The van der Waals surface area contributed by atoms with Gasteiger partial charge in [0.25, 0.3) is 0 Å². The van der Waals surface area contributed by atoms with Crippen LogP contribution in [0.5, 0.6) is 0 Å². The summed E-state index contributed by atoms with van der Waals surface area (Å²) >= 11 is 5.94. The second-order valence-corrected chi connectivity index (χ2v) is 8.28. The summed E-state index contributed by atoms with van der Waals surface area (Å²) in [5.41, 5.74) is -2.95. The van der Waals surface area contributed by atoms with Crippen LogP contribution in [0.1, 0.15) is 39.7 Å². The highest BCUT2D eigenvalue weighted by molar-refractivity contribution is 6.30. The maximum atomic E-state index is 12.6. The Balaban J connectivity index is 2.39. The average molecular weight is 384 g/mol. The molecule has 0 aliphatic carbocycles. The van der Waals surface area contributed by atoms with Gasteiger partial charge in [0.15, 0.2) is 0 Å². The summed E-state index contributed by atoms with van der Waals surface area (Å²) in [6, 6.07) is 6.69. The highest BCUT2D eigenvalue weighted by Gasteiger charge is 2.58. The van der Waals surface area contributed by atoms with Crippen LogP contribution in [0.4, 0.5) is 4.79 Å². The predicted molar refractivity (Wildman–Crippen MR) is 97.9 cm³/mol. The Morgan fingerprint density at radius 1 is 1.23 bits per heavy atom. The first kappa shape index (κ1) is 20.5. The van der Waals surface area contributed by atoms with E-state index in [4.69, 9.17) is 21.1 Å². The second kappa shape index (κ2) is 7.08. The molecule has 1 fully saturated rings. The van der Waals surface area contributed by atoms with Gasteiger partial charge in [0, 0.05) is 18.1 Å². The van der Waals surface area contributed by atoms with Crippen molar-refractivity contribution in [2.75, 3.05) is 20.2 Å². The van der Waals surface area contributed by atoms with Crippen molar-refractivity contribution < 1.29 is 24.2 Å². The topological polar surface area (TPSA) is 76.1 Å². The first-order valence-electron chi connectivity index (χ1n) is 8.48. The van der Waals surface area contributed by atoms with E-state index >= 15 is 0 Å². The molecular formula is C19H26ClNO5. The van der Waals surface area contributed by atoms with Gasteiger partial charge in [-0.25, -0.2) is 4.79 Å². The number of ether oxygens (including phenoxy) is 2. The fourth-order valence-electron chi connectivity index (χ4n) is 3.29. The number of carbonyl (C=O) groups is 2. The lowest BCUT2D eigenvalue weighted by Crippen LogP contribution is -2.62. The molecule has 1 aromatic carbocycles. The summed E-state index contributed by atoms with van der Waals surface area (Å²) in [6.07, 6.45) is -0.356. The van der Waals surface area contributed by atoms with Crippen LogP contribution in [0, 0.1) is 5.41 Å². The Morgan fingerprint density at radius 3 is 2.31 bits per heavy atom. The van der Waals surface area contributed by atoms with Crippen LogP contribution in [0.25, 0.3) is 0 Å². The summed E-state index contributed by atoms with van der Waals surface area (Å²) < 4.78 is 10.4. The Hall–Kier alpha value is -1.79. The van der Waals surface area contributed by atoms with E-state index in [9.17, 15) is 14.7 Å². The van der Waals surface area contributed by atoms with Crippen molar-refractivity contribution in [3.05, 3.63) is 34.9 Å². The molecule has 1 aliphatic rings. The molecule has 6 nitrogen and oxygen atoms in total. The lowest BCUT2D eigenvalue weighted by Gasteiger charge is -2.50. The Morgan fingerprint density at radius 2 is 1.81 bits per heavy atom. The van der Waals surface area contributed by atoms with E-state index in [0.717, 1.165) is 0 Å². The third-order valence-corrected chi connectivity index (χ3v) is 5.02. The predicted octanol–water partition coefficient (Wildman–Crippen LogP) is 3.35. The van der Waals surface area contributed by atoms with Crippen molar-refractivity contribution in [3.8, 4) is 0 Å². The van der Waals surface area contributed by atoms with Crippen LogP contribution in [-0.4, -0.2) is 47.9 Å². The lowest BCUT2D eigenvalue weighted by molar-refractivity contribution is -0.184. The third-order valence-electron chi connectivity index (χ3n) is 4.77. The number of benzene rings is 1. The standard InChI is InChI=1S/C19H26ClNO5/c1-17(2,3)26-16(23)21-11-10-19(24,13-6-8-14(20)9-7-13)18(4,12-21)15(22)25-5/h6-9,24H,10-12H2,1-5H3.